The number of nitrogens with zero attached hydrogens (tertiary/aromatic N) is 1. The number of aliphatic carboxylic acids is 1. The molecule has 0 bridgehead atoms. The van der Waals surface area contributed by atoms with E-state index in [1.54, 1.807) is 0 Å². The van der Waals surface area contributed by atoms with Gasteiger partial charge < -0.3 is 5.11 Å². The number of carboxylic acids is 1. The Kier molecular flexibility index (Phi) is 3.35. The van der Waals surface area contributed by atoms with Crippen LogP contribution in [0.15, 0.2) is 18.3 Å². The largest absolute Gasteiger partial charge is 0.481 e. The van der Waals surface area contributed by atoms with Gasteiger partial charge >= 0.3 is 12.1 Å². The van der Waals surface area contributed by atoms with Crippen molar-refractivity contribution in [2.45, 2.75) is 18.5 Å². The van der Waals surface area contributed by atoms with Crippen molar-refractivity contribution < 1.29 is 31.9 Å². The molecule has 1 rings (SSSR count). The first-order chi connectivity index (χ1) is 7.63. The van der Waals surface area contributed by atoms with Crippen molar-refractivity contribution in [3.63, 3.8) is 0 Å². The summed E-state index contributed by atoms with van der Waals surface area (Å²) in [4.78, 5) is 13.0. The molecule has 0 aromatic carbocycles. The van der Waals surface area contributed by atoms with Crippen LogP contribution in [0.1, 0.15) is 17.7 Å². The van der Waals surface area contributed by atoms with Gasteiger partial charge in [0.15, 0.2) is 0 Å². The third-order valence-electron chi connectivity index (χ3n) is 1.85. The van der Waals surface area contributed by atoms with Crippen molar-refractivity contribution in [3.05, 3.63) is 29.6 Å². The van der Waals surface area contributed by atoms with E-state index in [-0.39, 0.29) is 0 Å². The summed E-state index contributed by atoms with van der Waals surface area (Å²) >= 11 is 0. The normalized spacial score (nSPS) is 12.5. The predicted molar refractivity (Wildman–Crippen MR) is 45.4 cm³/mol. The van der Waals surface area contributed by atoms with E-state index in [4.69, 9.17) is 5.11 Å². The maximum Gasteiger partial charge on any atom is 0.433 e. The van der Waals surface area contributed by atoms with Crippen molar-refractivity contribution in [2.24, 2.45) is 0 Å². The van der Waals surface area contributed by atoms with Crippen molar-refractivity contribution in [2.75, 3.05) is 0 Å². The van der Waals surface area contributed by atoms with Crippen molar-refractivity contribution >= 4 is 5.97 Å². The molecule has 1 N–H and O–H groups in total. The maximum atomic E-state index is 13.1. The van der Waals surface area contributed by atoms with Gasteiger partial charge in [-0.2, -0.15) is 13.2 Å². The Hall–Kier alpha value is -1.73. The first-order valence-corrected chi connectivity index (χ1v) is 4.26. The van der Waals surface area contributed by atoms with E-state index < -0.39 is 35.7 Å². The Morgan fingerprint density at radius 2 is 1.82 bits per heavy atom. The van der Waals surface area contributed by atoms with Gasteiger partial charge in [0.25, 0.3) is 5.92 Å². The van der Waals surface area contributed by atoms with Crippen LogP contribution in [0, 0.1) is 0 Å². The first kappa shape index (κ1) is 13.3. The van der Waals surface area contributed by atoms with Crippen LogP contribution in [0.4, 0.5) is 22.0 Å². The molecule has 0 fully saturated rings. The average Bonchev–Trinajstić information content (AvgIpc) is 2.14. The fourth-order valence-corrected chi connectivity index (χ4v) is 1.07. The average molecular weight is 255 g/mol. The zero-order valence-electron chi connectivity index (χ0n) is 8.13. The Morgan fingerprint density at radius 3 is 2.18 bits per heavy atom. The zero-order chi connectivity index (χ0) is 13.3. The van der Waals surface area contributed by atoms with Gasteiger partial charge in [0, 0.05) is 11.8 Å². The molecule has 0 amide bonds. The summed E-state index contributed by atoms with van der Waals surface area (Å²) in [6.45, 7) is 0. The van der Waals surface area contributed by atoms with Gasteiger partial charge in [0.2, 0.25) is 0 Å². The SMILES string of the molecule is O=C(O)CC(F)(F)c1ccc(C(F)(F)F)nc1. The maximum absolute atomic E-state index is 13.1. The molecule has 0 saturated heterocycles. The Labute approximate surface area is 91.9 Å². The standard InChI is InChI=1S/C9H6F5NO2/c10-8(11,3-7(16)17)5-1-2-6(15-4-5)9(12,13)14/h1-2,4H,3H2,(H,16,17). The molecule has 0 radical (unpaired) electrons. The molecule has 0 unspecified atom stereocenters. The predicted octanol–water partition coefficient (Wildman–Crippen LogP) is 2.67. The van der Waals surface area contributed by atoms with Gasteiger partial charge in [0.1, 0.15) is 12.1 Å². The highest BCUT2D eigenvalue weighted by Crippen LogP contribution is 2.33. The fourth-order valence-electron chi connectivity index (χ4n) is 1.07. The molecule has 0 spiro atoms. The van der Waals surface area contributed by atoms with Crippen LogP contribution in [0.5, 0.6) is 0 Å². The molecule has 94 valence electrons. The summed E-state index contributed by atoms with van der Waals surface area (Å²) in [6.07, 6.45) is -5.90. The van der Waals surface area contributed by atoms with Gasteiger partial charge in [-0.3, -0.25) is 9.78 Å². The molecule has 1 aromatic rings. The molecule has 1 heterocycles. The molecule has 0 aliphatic heterocycles. The third kappa shape index (κ3) is 3.36. The highest BCUT2D eigenvalue weighted by molar-refractivity contribution is 5.68. The lowest BCUT2D eigenvalue weighted by Crippen LogP contribution is -2.19. The highest BCUT2D eigenvalue weighted by atomic mass is 19.4. The number of rotatable bonds is 3. The number of hydrogen-bond acceptors (Lipinski definition) is 2. The van der Waals surface area contributed by atoms with Crippen molar-refractivity contribution in [1.29, 1.82) is 0 Å². The van der Waals surface area contributed by atoms with E-state index in [1.165, 1.54) is 0 Å². The van der Waals surface area contributed by atoms with E-state index in [0.717, 1.165) is 0 Å². The number of carbonyl (C=O) groups is 1. The zero-order valence-corrected chi connectivity index (χ0v) is 8.13. The number of carboxylic acid groups (broad SMARTS) is 1. The summed E-state index contributed by atoms with van der Waals surface area (Å²) < 4.78 is 62.5. The van der Waals surface area contributed by atoms with Crippen LogP contribution in [-0.4, -0.2) is 16.1 Å². The smallest absolute Gasteiger partial charge is 0.433 e. The minimum absolute atomic E-state index is 0.325. The quantitative estimate of drug-likeness (QED) is 0.845. The number of hydrogen-bond donors (Lipinski definition) is 1. The van der Waals surface area contributed by atoms with E-state index in [2.05, 4.69) is 4.98 Å². The molecule has 0 aliphatic rings. The highest BCUT2D eigenvalue weighted by Gasteiger charge is 2.37. The summed E-state index contributed by atoms with van der Waals surface area (Å²) in [5.74, 6) is -5.50. The number of alkyl halides is 5. The molecule has 3 nitrogen and oxygen atoms in total. The second-order valence-electron chi connectivity index (χ2n) is 3.20. The second-order valence-corrected chi connectivity index (χ2v) is 3.20. The number of halogens is 5. The van der Waals surface area contributed by atoms with E-state index in [0.29, 0.717) is 18.3 Å². The van der Waals surface area contributed by atoms with Crippen LogP contribution < -0.4 is 0 Å². The Balaban J connectivity index is 2.98. The van der Waals surface area contributed by atoms with Gasteiger partial charge in [-0.05, 0) is 12.1 Å². The lowest BCUT2D eigenvalue weighted by molar-refractivity contribution is -0.146. The summed E-state index contributed by atoms with van der Waals surface area (Å²) in [5.41, 5.74) is -2.18. The minimum Gasteiger partial charge on any atom is -0.481 e. The number of aromatic nitrogens is 1. The second kappa shape index (κ2) is 4.27. The topological polar surface area (TPSA) is 50.2 Å². The van der Waals surface area contributed by atoms with E-state index >= 15 is 0 Å². The lowest BCUT2D eigenvalue weighted by Gasteiger charge is -2.14. The monoisotopic (exact) mass is 255 g/mol. The Bertz CT molecular complexity index is 412. The molecular weight excluding hydrogens is 249 g/mol. The summed E-state index contributed by atoms with van der Waals surface area (Å²) in [6, 6.07) is 0.893. The van der Waals surface area contributed by atoms with E-state index in [9.17, 15) is 26.7 Å². The molecule has 0 saturated carbocycles. The Morgan fingerprint density at radius 1 is 1.24 bits per heavy atom. The lowest BCUT2D eigenvalue weighted by atomic mass is 10.1. The summed E-state index contributed by atoms with van der Waals surface area (Å²) in [7, 11) is 0. The molecule has 0 aliphatic carbocycles. The van der Waals surface area contributed by atoms with Gasteiger partial charge in [0.05, 0.1) is 0 Å². The summed E-state index contributed by atoms with van der Waals surface area (Å²) in [5, 5.41) is 8.21. The van der Waals surface area contributed by atoms with Gasteiger partial charge in [-0.15, -0.1) is 0 Å². The van der Waals surface area contributed by atoms with Crippen LogP contribution in [0.2, 0.25) is 0 Å². The van der Waals surface area contributed by atoms with Crippen molar-refractivity contribution in [3.8, 4) is 0 Å². The first-order valence-electron chi connectivity index (χ1n) is 4.26. The fraction of sp³-hybridized carbons (Fsp3) is 0.333. The van der Waals surface area contributed by atoms with Gasteiger partial charge in [-0.25, -0.2) is 8.78 Å². The van der Waals surface area contributed by atoms with Crippen LogP contribution in [-0.2, 0) is 16.9 Å². The van der Waals surface area contributed by atoms with Crippen LogP contribution in [0.25, 0.3) is 0 Å². The number of pyridine rings is 1. The third-order valence-corrected chi connectivity index (χ3v) is 1.85. The molecule has 17 heavy (non-hydrogen) atoms. The molecule has 8 heteroatoms. The minimum atomic E-state index is -4.72. The van der Waals surface area contributed by atoms with E-state index in [1.807, 2.05) is 0 Å². The van der Waals surface area contributed by atoms with Crippen LogP contribution >= 0.6 is 0 Å². The molecular formula is C9H6F5NO2. The molecule has 1 aromatic heterocycles. The molecule has 0 atom stereocenters. The van der Waals surface area contributed by atoms with Crippen LogP contribution in [0.3, 0.4) is 0 Å². The van der Waals surface area contributed by atoms with Gasteiger partial charge in [-0.1, -0.05) is 0 Å². The van der Waals surface area contributed by atoms with Crippen molar-refractivity contribution in [1.82, 2.24) is 4.98 Å².